The van der Waals surface area contributed by atoms with Gasteiger partial charge in [-0.25, -0.2) is 0 Å². The summed E-state index contributed by atoms with van der Waals surface area (Å²) in [4.78, 5) is 3.49. The Bertz CT molecular complexity index is 705. The van der Waals surface area contributed by atoms with E-state index >= 15 is 0 Å². The number of hydrogen-bond acceptors (Lipinski definition) is 6. The first-order valence-electron chi connectivity index (χ1n) is 9.76. The second-order valence-corrected chi connectivity index (χ2v) is 7.86. The van der Waals surface area contributed by atoms with Gasteiger partial charge in [-0.3, -0.25) is 4.90 Å². The van der Waals surface area contributed by atoms with Gasteiger partial charge in [-0.15, -0.1) is 11.8 Å². The quantitative estimate of drug-likeness (QED) is 0.596. The molecule has 3 rings (SSSR count). The molecule has 1 fully saturated rings. The van der Waals surface area contributed by atoms with Crippen LogP contribution in [-0.4, -0.2) is 61.8 Å². The molecule has 2 N–H and O–H groups in total. The first kappa shape index (κ1) is 21.1. The summed E-state index contributed by atoms with van der Waals surface area (Å²) in [6.07, 6.45) is 1.59. The van der Waals surface area contributed by atoms with E-state index in [-0.39, 0.29) is 0 Å². The van der Waals surface area contributed by atoms with Crippen molar-refractivity contribution < 1.29 is 14.6 Å². The number of morpholine rings is 1. The molecule has 0 unspecified atom stereocenters. The number of aliphatic hydroxyl groups is 1. The summed E-state index contributed by atoms with van der Waals surface area (Å²) in [5.74, 6) is 0.796. The number of benzene rings is 2. The molecular weight excluding hydrogens is 372 g/mol. The molecule has 0 radical (unpaired) electrons. The zero-order chi connectivity index (χ0) is 19.6. The van der Waals surface area contributed by atoms with Crippen molar-refractivity contribution in [1.82, 2.24) is 10.2 Å². The summed E-state index contributed by atoms with van der Waals surface area (Å²) >= 11 is 1.76. The van der Waals surface area contributed by atoms with E-state index in [9.17, 15) is 5.11 Å². The number of hydrogen-bond donors (Lipinski definition) is 2. The Morgan fingerprint density at radius 1 is 1.11 bits per heavy atom. The standard InChI is InChI=1S/C22H30N2O3S/c1-28-22-7-5-18(6-8-22)14-23-15-19-3-2-4-21(13-19)27-17-20(25)16-24-9-11-26-12-10-24/h2-8,13,20,23,25H,9-12,14-17H2,1H3/t20-/m1/s1. The Labute approximate surface area is 172 Å². The lowest BCUT2D eigenvalue weighted by Gasteiger charge is -2.28. The van der Waals surface area contributed by atoms with Gasteiger partial charge >= 0.3 is 0 Å². The Kier molecular flexibility index (Phi) is 8.64. The minimum absolute atomic E-state index is 0.302. The Morgan fingerprint density at radius 3 is 2.61 bits per heavy atom. The third kappa shape index (κ3) is 7.11. The molecule has 152 valence electrons. The summed E-state index contributed by atoms with van der Waals surface area (Å²) < 4.78 is 11.1. The Morgan fingerprint density at radius 2 is 1.86 bits per heavy atom. The van der Waals surface area contributed by atoms with Crippen LogP contribution in [-0.2, 0) is 17.8 Å². The van der Waals surface area contributed by atoms with Crippen LogP contribution < -0.4 is 10.1 Å². The molecule has 1 aliphatic heterocycles. The van der Waals surface area contributed by atoms with E-state index in [1.165, 1.54) is 16.0 Å². The van der Waals surface area contributed by atoms with Crippen LogP contribution in [0.1, 0.15) is 11.1 Å². The van der Waals surface area contributed by atoms with Crippen LogP contribution in [0.2, 0.25) is 0 Å². The molecule has 6 heteroatoms. The molecule has 0 bridgehead atoms. The van der Waals surface area contributed by atoms with Gasteiger partial charge in [0, 0.05) is 37.6 Å². The predicted molar refractivity (Wildman–Crippen MR) is 114 cm³/mol. The monoisotopic (exact) mass is 402 g/mol. The van der Waals surface area contributed by atoms with Crippen molar-refractivity contribution in [2.24, 2.45) is 0 Å². The van der Waals surface area contributed by atoms with E-state index in [2.05, 4.69) is 46.8 Å². The maximum Gasteiger partial charge on any atom is 0.119 e. The van der Waals surface area contributed by atoms with E-state index in [1.54, 1.807) is 11.8 Å². The van der Waals surface area contributed by atoms with Crippen molar-refractivity contribution >= 4 is 11.8 Å². The number of aliphatic hydroxyl groups excluding tert-OH is 1. The molecule has 2 aromatic carbocycles. The maximum absolute atomic E-state index is 10.2. The fourth-order valence-electron chi connectivity index (χ4n) is 3.17. The second kappa shape index (κ2) is 11.4. The molecule has 2 aromatic rings. The minimum Gasteiger partial charge on any atom is -0.491 e. The summed E-state index contributed by atoms with van der Waals surface area (Å²) in [6.45, 7) is 5.76. The highest BCUT2D eigenvalue weighted by atomic mass is 32.2. The first-order valence-corrected chi connectivity index (χ1v) is 11.0. The van der Waals surface area contributed by atoms with Crippen LogP contribution in [0, 0.1) is 0 Å². The van der Waals surface area contributed by atoms with Crippen LogP contribution >= 0.6 is 11.8 Å². The van der Waals surface area contributed by atoms with E-state index in [4.69, 9.17) is 9.47 Å². The van der Waals surface area contributed by atoms with Crippen LogP contribution in [0.25, 0.3) is 0 Å². The SMILES string of the molecule is CSc1ccc(CNCc2cccc(OC[C@H](O)CN3CCOCC3)c2)cc1. The molecule has 0 saturated carbocycles. The fourth-order valence-corrected chi connectivity index (χ4v) is 3.57. The van der Waals surface area contributed by atoms with E-state index in [0.29, 0.717) is 13.2 Å². The van der Waals surface area contributed by atoms with Crippen LogP contribution in [0.15, 0.2) is 53.4 Å². The van der Waals surface area contributed by atoms with Gasteiger partial charge in [0.05, 0.1) is 13.2 Å². The van der Waals surface area contributed by atoms with E-state index in [0.717, 1.165) is 45.1 Å². The topological polar surface area (TPSA) is 54.0 Å². The number of β-amino-alcohol motifs (C(OH)–C–C–N with tert-alkyl or cyclic N) is 1. The van der Waals surface area contributed by atoms with Gasteiger partial charge in [-0.1, -0.05) is 24.3 Å². The van der Waals surface area contributed by atoms with Crippen molar-refractivity contribution in [3.8, 4) is 5.75 Å². The van der Waals surface area contributed by atoms with E-state index in [1.807, 2.05) is 18.2 Å². The summed E-state index contributed by atoms with van der Waals surface area (Å²) in [7, 11) is 0. The molecule has 1 aliphatic rings. The fraction of sp³-hybridized carbons (Fsp3) is 0.455. The van der Waals surface area contributed by atoms with Gasteiger partial charge in [0.2, 0.25) is 0 Å². The van der Waals surface area contributed by atoms with E-state index < -0.39 is 6.10 Å². The normalized spacial score (nSPS) is 16.1. The lowest BCUT2D eigenvalue weighted by Crippen LogP contribution is -2.42. The van der Waals surface area contributed by atoms with Crippen LogP contribution in [0.5, 0.6) is 5.75 Å². The average molecular weight is 403 g/mol. The van der Waals surface area contributed by atoms with Crippen LogP contribution in [0.4, 0.5) is 0 Å². The van der Waals surface area contributed by atoms with Gasteiger partial charge in [0.1, 0.15) is 18.5 Å². The maximum atomic E-state index is 10.2. The molecular formula is C22H30N2O3S. The molecule has 1 atom stereocenters. The van der Waals surface area contributed by atoms with Crippen molar-refractivity contribution in [3.05, 3.63) is 59.7 Å². The summed E-state index contributed by atoms with van der Waals surface area (Å²) in [5, 5.41) is 13.7. The zero-order valence-corrected chi connectivity index (χ0v) is 17.3. The highest BCUT2D eigenvalue weighted by Gasteiger charge is 2.15. The lowest BCUT2D eigenvalue weighted by atomic mass is 10.2. The first-order chi connectivity index (χ1) is 13.7. The van der Waals surface area contributed by atoms with Gasteiger partial charge < -0.3 is 19.9 Å². The second-order valence-electron chi connectivity index (χ2n) is 6.98. The number of rotatable bonds is 10. The summed E-state index contributed by atoms with van der Waals surface area (Å²) in [6, 6.07) is 16.7. The number of nitrogens with one attached hydrogen (secondary N) is 1. The molecule has 0 amide bonds. The Hall–Kier alpha value is -1.57. The molecule has 1 heterocycles. The number of nitrogens with zero attached hydrogens (tertiary/aromatic N) is 1. The molecule has 0 aliphatic carbocycles. The lowest BCUT2D eigenvalue weighted by molar-refractivity contribution is 0.00465. The third-order valence-electron chi connectivity index (χ3n) is 4.73. The predicted octanol–water partition coefficient (Wildman–Crippen LogP) is 2.77. The molecule has 1 saturated heterocycles. The molecule has 28 heavy (non-hydrogen) atoms. The smallest absolute Gasteiger partial charge is 0.119 e. The Balaban J connectivity index is 1.40. The van der Waals surface area contributed by atoms with Gasteiger partial charge in [0.25, 0.3) is 0 Å². The highest BCUT2D eigenvalue weighted by molar-refractivity contribution is 7.98. The third-order valence-corrected chi connectivity index (χ3v) is 5.47. The van der Waals surface area contributed by atoms with Crippen LogP contribution in [0.3, 0.4) is 0 Å². The van der Waals surface area contributed by atoms with Gasteiger partial charge in [0.15, 0.2) is 0 Å². The molecule has 0 spiro atoms. The van der Waals surface area contributed by atoms with Crippen molar-refractivity contribution in [1.29, 1.82) is 0 Å². The minimum atomic E-state index is -0.496. The number of thioether (sulfide) groups is 1. The van der Waals surface area contributed by atoms with Crippen molar-refractivity contribution in [2.45, 2.75) is 24.1 Å². The van der Waals surface area contributed by atoms with Gasteiger partial charge in [-0.2, -0.15) is 0 Å². The average Bonchev–Trinajstić information content (AvgIpc) is 2.74. The molecule has 0 aromatic heterocycles. The number of ether oxygens (including phenoxy) is 2. The van der Waals surface area contributed by atoms with Gasteiger partial charge in [-0.05, 0) is 41.6 Å². The highest BCUT2D eigenvalue weighted by Crippen LogP contribution is 2.16. The van der Waals surface area contributed by atoms with Crippen molar-refractivity contribution in [3.63, 3.8) is 0 Å². The molecule has 5 nitrogen and oxygen atoms in total. The van der Waals surface area contributed by atoms with Crippen molar-refractivity contribution in [2.75, 3.05) is 45.7 Å². The largest absolute Gasteiger partial charge is 0.491 e. The summed E-state index contributed by atoms with van der Waals surface area (Å²) in [5.41, 5.74) is 2.44. The zero-order valence-electron chi connectivity index (χ0n) is 16.5.